The lowest BCUT2D eigenvalue weighted by molar-refractivity contribution is 1.14. The van der Waals surface area contributed by atoms with Crippen LogP contribution in [-0.2, 0) is 6.42 Å². The van der Waals surface area contributed by atoms with Gasteiger partial charge in [-0.25, -0.2) is 0 Å². The van der Waals surface area contributed by atoms with E-state index in [1.165, 1.54) is 27.8 Å². The number of allylic oxidation sites excluding steroid dienone is 6. The first-order valence-electron chi connectivity index (χ1n) is 10.7. The molecule has 1 aromatic carbocycles. The molecule has 0 saturated heterocycles. The van der Waals surface area contributed by atoms with E-state index >= 15 is 0 Å². The van der Waals surface area contributed by atoms with Crippen LogP contribution in [0.15, 0.2) is 59.2 Å². The highest BCUT2D eigenvalue weighted by Gasteiger charge is 2.09. The molecule has 0 unspecified atom stereocenters. The van der Waals surface area contributed by atoms with Crippen molar-refractivity contribution in [3.8, 4) is 0 Å². The molecule has 27 heavy (non-hydrogen) atoms. The van der Waals surface area contributed by atoms with Crippen LogP contribution in [-0.4, -0.2) is 0 Å². The molecule has 0 N–H and O–H groups in total. The third-order valence-corrected chi connectivity index (χ3v) is 3.54. The van der Waals surface area contributed by atoms with Crippen molar-refractivity contribution in [1.82, 2.24) is 0 Å². The normalized spacial score (nSPS) is 14.0. The van der Waals surface area contributed by atoms with Gasteiger partial charge in [-0.2, -0.15) is 0 Å². The molecule has 1 aliphatic carbocycles. The Balaban J connectivity index is -0.000000150. The molecule has 1 aromatic rings. The third kappa shape index (κ3) is 16.3. The fourth-order valence-corrected chi connectivity index (χ4v) is 2.31. The summed E-state index contributed by atoms with van der Waals surface area (Å²) in [6.07, 6.45) is 10.2. The van der Waals surface area contributed by atoms with Crippen molar-refractivity contribution in [3.05, 3.63) is 70.3 Å². The molecule has 0 aliphatic heterocycles. The highest BCUT2D eigenvalue weighted by molar-refractivity contribution is 5.49. The van der Waals surface area contributed by atoms with Crippen molar-refractivity contribution < 1.29 is 0 Å². The SMILES string of the molecule is C.C/C=C1/CC(C)=C/C1=C/CC.CC.CC.CC.CCc1ccc(C)cc1. The lowest BCUT2D eigenvalue weighted by atomic mass is 10.1. The Morgan fingerprint density at radius 1 is 0.852 bits per heavy atom. The van der Waals surface area contributed by atoms with Crippen LogP contribution in [0.2, 0.25) is 0 Å². The summed E-state index contributed by atoms with van der Waals surface area (Å²) < 4.78 is 0. The average molecular weight is 375 g/mol. The fraction of sp³-hybridized carbons (Fsp3) is 0.556. The van der Waals surface area contributed by atoms with Gasteiger partial charge in [0.1, 0.15) is 0 Å². The summed E-state index contributed by atoms with van der Waals surface area (Å²) in [5.41, 5.74) is 7.17. The molecule has 0 spiro atoms. The Morgan fingerprint density at radius 3 is 1.70 bits per heavy atom. The number of hydrogen-bond donors (Lipinski definition) is 0. The van der Waals surface area contributed by atoms with Crippen LogP contribution in [0, 0.1) is 6.92 Å². The summed E-state index contributed by atoms with van der Waals surface area (Å²) in [7, 11) is 0. The number of rotatable bonds is 2. The van der Waals surface area contributed by atoms with Crippen LogP contribution in [0.3, 0.4) is 0 Å². The van der Waals surface area contributed by atoms with Gasteiger partial charge in [-0.05, 0) is 56.7 Å². The zero-order valence-corrected chi connectivity index (χ0v) is 19.7. The van der Waals surface area contributed by atoms with Gasteiger partial charge in [0.05, 0.1) is 0 Å². The molecule has 2 rings (SSSR count). The van der Waals surface area contributed by atoms with Gasteiger partial charge in [0.25, 0.3) is 0 Å². The Kier molecular flexibility index (Phi) is 29.9. The second-order valence-electron chi connectivity index (χ2n) is 5.39. The van der Waals surface area contributed by atoms with Gasteiger partial charge in [-0.3, -0.25) is 0 Å². The molecular formula is C27H50. The number of benzene rings is 1. The molecule has 0 aromatic heterocycles. The zero-order chi connectivity index (χ0) is 21.0. The van der Waals surface area contributed by atoms with E-state index in [-0.39, 0.29) is 7.43 Å². The van der Waals surface area contributed by atoms with E-state index in [0.717, 1.165) is 19.3 Å². The minimum absolute atomic E-state index is 0. The van der Waals surface area contributed by atoms with Crippen LogP contribution in [0.25, 0.3) is 0 Å². The minimum Gasteiger partial charge on any atom is -0.0835 e. The average Bonchev–Trinajstić information content (AvgIpc) is 3.07. The van der Waals surface area contributed by atoms with Crippen molar-refractivity contribution in [3.63, 3.8) is 0 Å². The maximum Gasteiger partial charge on any atom is -0.00640 e. The standard InChI is InChI=1S/C11H16.C9H12.3C2H6.CH4/c1-4-6-11-8-9(3)7-10(11)5-2;1-3-9-6-4-8(2)5-7-9;3*1-2;/h5-6,8H,4,7H2,1-3H3;4-7H,3H2,1-2H3;3*1-2H3;1H4/b10-5-,11-6-;;;;;. The zero-order valence-electron chi connectivity index (χ0n) is 19.7. The van der Waals surface area contributed by atoms with E-state index in [0.29, 0.717) is 0 Å². The van der Waals surface area contributed by atoms with E-state index < -0.39 is 0 Å². The second kappa shape index (κ2) is 24.4. The van der Waals surface area contributed by atoms with Gasteiger partial charge in [0.15, 0.2) is 0 Å². The Hall–Kier alpha value is -1.56. The maximum atomic E-state index is 2.30. The predicted molar refractivity (Wildman–Crippen MR) is 132 cm³/mol. The molecule has 158 valence electrons. The van der Waals surface area contributed by atoms with E-state index in [4.69, 9.17) is 0 Å². The summed E-state index contributed by atoms with van der Waals surface area (Å²) in [5.74, 6) is 0. The van der Waals surface area contributed by atoms with E-state index in [2.05, 4.69) is 77.1 Å². The largest absolute Gasteiger partial charge is 0.0835 e. The monoisotopic (exact) mass is 374 g/mol. The van der Waals surface area contributed by atoms with Crippen molar-refractivity contribution in [2.24, 2.45) is 0 Å². The molecule has 0 fully saturated rings. The van der Waals surface area contributed by atoms with Gasteiger partial charge in [-0.15, -0.1) is 0 Å². The smallest absolute Gasteiger partial charge is 0.00640 e. The van der Waals surface area contributed by atoms with Crippen LogP contribution in [0.4, 0.5) is 0 Å². The van der Waals surface area contributed by atoms with Crippen LogP contribution < -0.4 is 0 Å². The van der Waals surface area contributed by atoms with Gasteiger partial charge in [0.2, 0.25) is 0 Å². The second-order valence-corrected chi connectivity index (χ2v) is 5.39. The lowest BCUT2D eigenvalue weighted by Crippen LogP contribution is -1.77. The Morgan fingerprint density at radius 2 is 1.33 bits per heavy atom. The quantitative estimate of drug-likeness (QED) is 0.483. The molecule has 0 heteroatoms. The van der Waals surface area contributed by atoms with Gasteiger partial charge < -0.3 is 0 Å². The summed E-state index contributed by atoms with van der Waals surface area (Å²) in [6, 6.07) is 8.66. The van der Waals surface area contributed by atoms with Crippen molar-refractivity contribution in [2.45, 2.75) is 103 Å². The summed E-state index contributed by atoms with van der Waals surface area (Å²) in [6.45, 7) is 22.8. The molecule has 0 radical (unpaired) electrons. The fourth-order valence-electron chi connectivity index (χ4n) is 2.31. The molecule has 0 bridgehead atoms. The summed E-state index contributed by atoms with van der Waals surface area (Å²) in [5, 5.41) is 0. The molecule has 1 aliphatic rings. The number of aryl methyl sites for hydroxylation is 2. The van der Waals surface area contributed by atoms with E-state index in [1.54, 1.807) is 0 Å². The number of hydrogen-bond acceptors (Lipinski definition) is 0. The summed E-state index contributed by atoms with van der Waals surface area (Å²) >= 11 is 0. The highest BCUT2D eigenvalue weighted by Crippen LogP contribution is 2.28. The molecule has 0 amide bonds. The minimum atomic E-state index is 0. The van der Waals surface area contributed by atoms with Crippen LogP contribution in [0.1, 0.15) is 101 Å². The van der Waals surface area contributed by atoms with Crippen molar-refractivity contribution >= 4 is 0 Å². The van der Waals surface area contributed by atoms with Gasteiger partial charge >= 0.3 is 0 Å². The molecular weight excluding hydrogens is 324 g/mol. The van der Waals surface area contributed by atoms with Gasteiger partial charge in [0, 0.05) is 0 Å². The van der Waals surface area contributed by atoms with Crippen molar-refractivity contribution in [1.29, 1.82) is 0 Å². The first-order chi connectivity index (χ1) is 12.6. The van der Waals surface area contributed by atoms with E-state index in [1.807, 2.05) is 41.5 Å². The predicted octanol–water partition coefficient (Wildman–Crippen LogP) is 9.89. The first-order valence-corrected chi connectivity index (χ1v) is 10.7. The molecule has 0 atom stereocenters. The topological polar surface area (TPSA) is 0 Å². The molecule has 0 nitrogen and oxygen atoms in total. The maximum absolute atomic E-state index is 2.30. The van der Waals surface area contributed by atoms with Crippen LogP contribution in [0.5, 0.6) is 0 Å². The van der Waals surface area contributed by atoms with Crippen LogP contribution >= 0.6 is 0 Å². The Bertz CT molecular complexity index is 495. The Labute approximate surface area is 173 Å². The first kappa shape index (κ1) is 33.1. The molecule has 0 heterocycles. The van der Waals surface area contributed by atoms with Gasteiger partial charge in [-0.1, -0.05) is 116 Å². The molecule has 0 saturated carbocycles. The van der Waals surface area contributed by atoms with E-state index in [9.17, 15) is 0 Å². The van der Waals surface area contributed by atoms with Crippen molar-refractivity contribution in [2.75, 3.05) is 0 Å². The third-order valence-electron chi connectivity index (χ3n) is 3.54. The lowest BCUT2D eigenvalue weighted by Gasteiger charge is -1.97. The highest BCUT2D eigenvalue weighted by atomic mass is 14.1. The summed E-state index contributed by atoms with van der Waals surface area (Å²) in [4.78, 5) is 0.